The molecule has 0 unspecified atom stereocenters. The second kappa shape index (κ2) is 6.14. The summed E-state index contributed by atoms with van der Waals surface area (Å²) in [6.07, 6.45) is 0. The van der Waals surface area contributed by atoms with Crippen molar-refractivity contribution in [2.75, 3.05) is 0 Å². The zero-order valence-electron chi connectivity index (χ0n) is 10.4. The van der Waals surface area contributed by atoms with E-state index in [0.29, 0.717) is 17.7 Å². The summed E-state index contributed by atoms with van der Waals surface area (Å²) in [6.45, 7) is 2.10. The van der Waals surface area contributed by atoms with Gasteiger partial charge in [-0.05, 0) is 58.8 Å². The first kappa shape index (κ1) is 14.0. The van der Waals surface area contributed by atoms with Gasteiger partial charge in [-0.25, -0.2) is 4.39 Å². The van der Waals surface area contributed by atoms with Crippen LogP contribution >= 0.6 is 22.6 Å². The fourth-order valence-electron chi connectivity index (χ4n) is 1.74. The molecule has 0 saturated heterocycles. The van der Waals surface area contributed by atoms with Gasteiger partial charge >= 0.3 is 0 Å². The average Bonchev–Trinajstić information content (AvgIpc) is 2.40. The maximum absolute atomic E-state index is 13.1. The largest absolute Gasteiger partial charge is 0.348 e. The molecule has 2 nitrogen and oxygen atoms in total. The van der Waals surface area contributed by atoms with Crippen LogP contribution in [0, 0.1) is 16.3 Å². The van der Waals surface area contributed by atoms with Crippen LogP contribution in [0.1, 0.15) is 21.5 Å². The molecule has 0 bridgehead atoms. The molecule has 0 aliphatic rings. The summed E-state index contributed by atoms with van der Waals surface area (Å²) in [6, 6.07) is 12.2. The lowest BCUT2D eigenvalue weighted by Crippen LogP contribution is -2.23. The summed E-state index contributed by atoms with van der Waals surface area (Å²) in [5.41, 5.74) is 2.13. The first-order chi connectivity index (χ1) is 9.08. The van der Waals surface area contributed by atoms with Crippen molar-refractivity contribution in [2.24, 2.45) is 0 Å². The number of hydrogen-bond acceptors (Lipinski definition) is 1. The Morgan fingerprint density at radius 1 is 1.26 bits per heavy atom. The fraction of sp³-hybridized carbons (Fsp3) is 0.133. The highest BCUT2D eigenvalue weighted by atomic mass is 127. The van der Waals surface area contributed by atoms with Gasteiger partial charge in [0.2, 0.25) is 0 Å². The van der Waals surface area contributed by atoms with Crippen molar-refractivity contribution in [3.63, 3.8) is 0 Å². The van der Waals surface area contributed by atoms with E-state index < -0.39 is 0 Å². The molecule has 0 aliphatic heterocycles. The van der Waals surface area contributed by atoms with Crippen LogP contribution in [0.3, 0.4) is 0 Å². The first-order valence-corrected chi connectivity index (χ1v) is 6.93. The highest BCUT2D eigenvalue weighted by Gasteiger charge is 2.08. The Bertz CT molecular complexity index is 613. The molecule has 0 spiro atoms. The lowest BCUT2D eigenvalue weighted by atomic mass is 10.1. The fourth-order valence-corrected chi connectivity index (χ4v) is 2.37. The zero-order chi connectivity index (χ0) is 13.8. The van der Waals surface area contributed by atoms with Crippen molar-refractivity contribution < 1.29 is 9.18 Å². The third-order valence-electron chi connectivity index (χ3n) is 2.79. The van der Waals surface area contributed by atoms with Crippen LogP contribution in [-0.2, 0) is 6.54 Å². The standard InChI is InChI=1S/C15H13FINO/c1-10-8-11(6-7-13(10)16)9-18-15(19)12-4-2-3-5-14(12)17/h2-8H,9H2,1H3,(H,18,19). The van der Waals surface area contributed by atoms with E-state index in [1.807, 2.05) is 18.2 Å². The Balaban J connectivity index is 2.04. The van der Waals surface area contributed by atoms with Crippen molar-refractivity contribution in [1.29, 1.82) is 0 Å². The average molecular weight is 369 g/mol. The molecule has 0 radical (unpaired) electrons. The van der Waals surface area contributed by atoms with Gasteiger partial charge in [-0.1, -0.05) is 24.3 Å². The third-order valence-corrected chi connectivity index (χ3v) is 3.73. The van der Waals surface area contributed by atoms with Crippen LogP contribution in [0.4, 0.5) is 4.39 Å². The van der Waals surface area contributed by atoms with Crippen molar-refractivity contribution >= 4 is 28.5 Å². The van der Waals surface area contributed by atoms with Crippen molar-refractivity contribution in [3.05, 3.63) is 68.5 Å². The van der Waals surface area contributed by atoms with Crippen molar-refractivity contribution in [3.8, 4) is 0 Å². The summed E-state index contributed by atoms with van der Waals surface area (Å²) in [4.78, 5) is 12.0. The molecule has 2 aromatic carbocycles. The predicted molar refractivity (Wildman–Crippen MR) is 81.5 cm³/mol. The van der Waals surface area contributed by atoms with Gasteiger partial charge in [0.1, 0.15) is 5.82 Å². The van der Waals surface area contributed by atoms with E-state index in [0.717, 1.165) is 9.13 Å². The summed E-state index contributed by atoms with van der Waals surface area (Å²) in [5, 5.41) is 2.84. The van der Waals surface area contributed by atoms with Gasteiger partial charge in [0.05, 0.1) is 5.56 Å². The van der Waals surface area contributed by atoms with E-state index in [1.165, 1.54) is 6.07 Å². The van der Waals surface area contributed by atoms with Gasteiger partial charge in [-0.2, -0.15) is 0 Å². The summed E-state index contributed by atoms with van der Waals surface area (Å²) < 4.78 is 14.0. The zero-order valence-corrected chi connectivity index (χ0v) is 12.6. The Labute approximate surface area is 125 Å². The minimum atomic E-state index is -0.229. The quantitative estimate of drug-likeness (QED) is 0.822. The molecular weight excluding hydrogens is 356 g/mol. The Kier molecular flexibility index (Phi) is 4.52. The number of aryl methyl sites for hydroxylation is 1. The van der Waals surface area contributed by atoms with Crippen molar-refractivity contribution in [1.82, 2.24) is 5.32 Å². The van der Waals surface area contributed by atoms with Crippen LogP contribution in [-0.4, -0.2) is 5.91 Å². The first-order valence-electron chi connectivity index (χ1n) is 5.85. The maximum Gasteiger partial charge on any atom is 0.252 e. The molecule has 0 saturated carbocycles. The minimum Gasteiger partial charge on any atom is -0.348 e. The molecule has 19 heavy (non-hydrogen) atoms. The molecule has 0 fully saturated rings. The van der Waals surface area contributed by atoms with Crippen LogP contribution < -0.4 is 5.32 Å². The molecule has 98 valence electrons. The molecule has 4 heteroatoms. The number of benzene rings is 2. The maximum atomic E-state index is 13.1. The van der Waals surface area contributed by atoms with Crippen LogP contribution in [0.15, 0.2) is 42.5 Å². The summed E-state index contributed by atoms with van der Waals surface area (Å²) in [7, 11) is 0. The summed E-state index contributed by atoms with van der Waals surface area (Å²) in [5.74, 6) is -0.348. The normalized spacial score (nSPS) is 10.3. The highest BCUT2D eigenvalue weighted by molar-refractivity contribution is 14.1. The van der Waals surface area contributed by atoms with Crippen molar-refractivity contribution in [2.45, 2.75) is 13.5 Å². The van der Waals surface area contributed by atoms with Gasteiger partial charge in [-0.15, -0.1) is 0 Å². The van der Waals surface area contributed by atoms with E-state index in [4.69, 9.17) is 0 Å². The van der Waals surface area contributed by atoms with E-state index in [9.17, 15) is 9.18 Å². The number of amides is 1. The van der Waals surface area contributed by atoms with Crippen LogP contribution in [0.25, 0.3) is 0 Å². The molecule has 2 rings (SSSR count). The highest BCUT2D eigenvalue weighted by Crippen LogP contribution is 2.12. The topological polar surface area (TPSA) is 29.1 Å². The Morgan fingerprint density at radius 2 is 2.00 bits per heavy atom. The van der Waals surface area contributed by atoms with Gasteiger partial charge in [0.15, 0.2) is 0 Å². The van der Waals surface area contributed by atoms with Crippen LogP contribution in [0.5, 0.6) is 0 Å². The second-order valence-corrected chi connectivity index (χ2v) is 5.41. The lowest BCUT2D eigenvalue weighted by molar-refractivity contribution is 0.0950. The molecule has 0 aromatic heterocycles. The SMILES string of the molecule is Cc1cc(CNC(=O)c2ccccc2I)ccc1F. The van der Waals surface area contributed by atoms with E-state index in [-0.39, 0.29) is 11.7 Å². The minimum absolute atomic E-state index is 0.119. The Morgan fingerprint density at radius 3 is 2.68 bits per heavy atom. The monoisotopic (exact) mass is 369 g/mol. The number of carbonyl (C=O) groups is 1. The van der Waals surface area contributed by atoms with E-state index >= 15 is 0 Å². The van der Waals surface area contributed by atoms with Gasteiger partial charge in [-0.3, -0.25) is 4.79 Å². The molecule has 0 aliphatic carbocycles. The number of halogens is 2. The number of carbonyl (C=O) groups excluding carboxylic acids is 1. The predicted octanol–water partition coefficient (Wildman–Crippen LogP) is 3.67. The van der Waals surface area contributed by atoms with Crippen LogP contribution in [0.2, 0.25) is 0 Å². The molecule has 2 aromatic rings. The number of hydrogen-bond donors (Lipinski definition) is 1. The molecule has 1 amide bonds. The molecular formula is C15H13FINO. The Hall–Kier alpha value is -1.43. The van der Waals surface area contributed by atoms with E-state index in [1.54, 1.807) is 25.1 Å². The van der Waals surface area contributed by atoms with Gasteiger partial charge < -0.3 is 5.32 Å². The molecule has 0 heterocycles. The van der Waals surface area contributed by atoms with Gasteiger partial charge in [0, 0.05) is 10.1 Å². The van der Waals surface area contributed by atoms with E-state index in [2.05, 4.69) is 27.9 Å². The third kappa shape index (κ3) is 3.53. The number of nitrogens with one attached hydrogen (secondary N) is 1. The summed E-state index contributed by atoms with van der Waals surface area (Å²) >= 11 is 2.13. The molecule has 0 atom stereocenters. The smallest absolute Gasteiger partial charge is 0.252 e. The lowest BCUT2D eigenvalue weighted by Gasteiger charge is -2.08. The van der Waals surface area contributed by atoms with Gasteiger partial charge in [0.25, 0.3) is 5.91 Å². The number of rotatable bonds is 3. The second-order valence-electron chi connectivity index (χ2n) is 4.25. The molecule has 1 N–H and O–H groups in total.